The predicted molar refractivity (Wildman–Crippen MR) is 65.9 cm³/mol. The largest absolute Gasteiger partial charge is 0.326 e. The molecule has 1 aromatic carbocycles. The summed E-state index contributed by atoms with van der Waals surface area (Å²) < 4.78 is 0. The highest BCUT2D eigenvalue weighted by atomic mass is 16.1. The molecule has 0 aliphatic heterocycles. The molecule has 0 heterocycles. The number of hydrogen-bond acceptors (Lipinski definition) is 2. The summed E-state index contributed by atoms with van der Waals surface area (Å²) in [4.78, 5) is 11.0. The summed E-state index contributed by atoms with van der Waals surface area (Å²) >= 11 is 0. The van der Waals surface area contributed by atoms with E-state index in [-0.39, 0.29) is 11.9 Å². The lowest BCUT2D eigenvalue weighted by Crippen LogP contribution is -2.24. The Hall–Kier alpha value is -1.79. The van der Waals surface area contributed by atoms with Gasteiger partial charge in [-0.05, 0) is 18.6 Å². The maximum absolute atomic E-state index is 11.0. The topological polar surface area (TPSA) is 41.1 Å². The van der Waals surface area contributed by atoms with Gasteiger partial charge in [0.25, 0.3) is 0 Å². The minimum absolute atomic E-state index is 0.0189. The maximum Gasteiger partial charge on any atom is 0.221 e. The number of amides is 1. The molecule has 0 aliphatic carbocycles. The van der Waals surface area contributed by atoms with Crippen molar-refractivity contribution >= 4 is 11.6 Å². The predicted octanol–water partition coefficient (Wildman–Crippen LogP) is 1.76. The molecule has 1 amide bonds. The molecule has 0 saturated heterocycles. The van der Waals surface area contributed by atoms with Crippen molar-refractivity contribution in [1.82, 2.24) is 5.32 Å². The Bertz CT molecular complexity index is 407. The van der Waals surface area contributed by atoms with E-state index in [1.807, 2.05) is 31.2 Å². The molecular weight excluding hydrogens is 200 g/mol. The minimum Gasteiger partial charge on any atom is -0.326 e. The Labute approximate surface area is 96.2 Å². The lowest BCUT2D eigenvalue weighted by molar-refractivity contribution is -0.114. The van der Waals surface area contributed by atoms with Gasteiger partial charge in [0.05, 0.1) is 6.04 Å². The van der Waals surface area contributed by atoms with Crippen molar-refractivity contribution in [3.8, 4) is 12.3 Å². The number of para-hydroxylation sites is 1. The van der Waals surface area contributed by atoms with Crippen LogP contribution in [0.5, 0.6) is 0 Å². The molecule has 0 bridgehead atoms. The smallest absolute Gasteiger partial charge is 0.221 e. The van der Waals surface area contributed by atoms with Crippen LogP contribution in [-0.2, 0) is 11.3 Å². The highest BCUT2D eigenvalue weighted by Gasteiger charge is 2.03. The normalized spacial score (nSPS) is 11.6. The molecule has 1 aromatic rings. The molecule has 0 spiro atoms. The van der Waals surface area contributed by atoms with Gasteiger partial charge in [-0.2, -0.15) is 0 Å². The zero-order chi connectivity index (χ0) is 12.0. The maximum atomic E-state index is 11.0. The van der Waals surface area contributed by atoms with Gasteiger partial charge < -0.3 is 5.32 Å². The van der Waals surface area contributed by atoms with Gasteiger partial charge in [0.15, 0.2) is 0 Å². The molecule has 16 heavy (non-hydrogen) atoms. The number of anilines is 1. The summed E-state index contributed by atoms with van der Waals surface area (Å²) in [6.07, 6.45) is 5.27. The Balaban J connectivity index is 2.71. The first kappa shape index (κ1) is 12.3. The van der Waals surface area contributed by atoms with Gasteiger partial charge in [-0.15, -0.1) is 6.42 Å². The van der Waals surface area contributed by atoms with Crippen LogP contribution in [0.15, 0.2) is 24.3 Å². The van der Waals surface area contributed by atoms with Crippen molar-refractivity contribution < 1.29 is 4.79 Å². The molecule has 3 nitrogen and oxygen atoms in total. The third kappa shape index (κ3) is 3.76. The average Bonchev–Trinajstić information content (AvgIpc) is 2.26. The number of hydrogen-bond donors (Lipinski definition) is 2. The molecule has 0 aliphatic rings. The van der Waals surface area contributed by atoms with Gasteiger partial charge in [0.1, 0.15) is 0 Å². The lowest BCUT2D eigenvalue weighted by Gasteiger charge is -2.12. The van der Waals surface area contributed by atoms with Crippen LogP contribution in [0.4, 0.5) is 5.69 Å². The summed E-state index contributed by atoms with van der Waals surface area (Å²) in [5.41, 5.74) is 1.85. The number of carbonyl (C=O) groups excluding carboxylic acids is 1. The van der Waals surface area contributed by atoms with Gasteiger partial charge in [-0.3, -0.25) is 10.1 Å². The summed E-state index contributed by atoms with van der Waals surface area (Å²) in [5.74, 6) is 2.53. The number of carbonyl (C=O) groups is 1. The molecule has 1 unspecified atom stereocenters. The second-order valence-corrected chi connectivity index (χ2v) is 3.61. The Kier molecular flexibility index (Phi) is 4.56. The third-order valence-electron chi connectivity index (χ3n) is 2.18. The van der Waals surface area contributed by atoms with Crippen molar-refractivity contribution in [2.45, 2.75) is 26.4 Å². The highest BCUT2D eigenvalue weighted by molar-refractivity contribution is 5.89. The van der Waals surface area contributed by atoms with E-state index in [1.54, 1.807) is 0 Å². The fourth-order valence-electron chi connectivity index (χ4n) is 1.31. The van der Waals surface area contributed by atoms with Gasteiger partial charge in [0.2, 0.25) is 5.91 Å². The molecule has 0 radical (unpaired) electrons. The van der Waals surface area contributed by atoms with E-state index in [0.29, 0.717) is 6.54 Å². The number of nitrogens with one attached hydrogen (secondary N) is 2. The minimum atomic E-state index is -0.0718. The first-order valence-electron chi connectivity index (χ1n) is 5.18. The van der Waals surface area contributed by atoms with Gasteiger partial charge >= 0.3 is 0 Å². The number of rotatable bonds is 4. The van der Waals surface area contributed by atoms with Crippen LogP contribution in [-0.4, -0.2) is 11.9 Å². The van der Waals surface area contributed by atoms with E-state index in [9.17, 15) is 4.79 Å². The van der Waals surface area contributed by atoms with Crippen LogP contribution >= 0.6 is 0 Å². The molecule has 0 aromatic heterocycles. The average molecular weight is 216 g/mol. The summed E-state index contributed by atoms with van der Waals surface area (Å²) in [7, 11) is 0. The van der Waals surface area contributed by atoms with Crippen molar-refractivity contribution in [3.63, 3.8) is 0 Å². The molecular formula is C13H16N2O. The molecule has 0 fully saturated rings. The Morgan fingerprint density at radius 1 is 1.50 bits per heavy atom. The summed E-state index contributed by atoms with van der Waals surface area (Å²) in [5, 5.41) is 5.96. The van der Waals surface area contributed by atoms with E-state index < -0.39 is 0 Å². The monoisotopic (exact) mass is 216 g/mol. The zero-order valence-corrected chi connectivity index (χ0v) is 9.58. The highest BCUT2D eigenvalue weighted by Crippen LogP contribution is 2.14. The molecule has 0 saturated carbocycles. The summed E-state index contributed by atoms with van der Waals surface area (Å²) in [6.45, 7) is 4.05. The van der Waals surface area contributed by atoms with Crippen molar-refractivity contribution in [3.05, 3.63) is 29.8 Å². The van der Waals surface area contributed by atoms with Crippen molar-refractivity contribution in [2.75, 3.05) is 5.32 Å². The van der Waals surface area contributed by atoms with E-state index in [1.165, 1.54) is 6.92 Å². The SMILES string of the molecule is C#CC(C)NCc1ccccc1NC(C)=O. The fraction of sp³-hybridized carbons (Fsp3) is 0.308. The molecule has 1 atom stereocenters. The summed E-state index contributed by atoms with van der Waals surface area (Å²) in [6, 6.07) is 7.67. The quantitative estimate of drug-likeness (QED) is 0.753. The third-order valence-corrected chi connectivity index (χ3v) is 2.18. The van der Waals surface area contributed by atoms with Crippen LogP contribution in [0.3, 0.4) is 0 Å². The molecule has 3 heteroatoms. The zero-order valence-electron chi connectivity index (χ0n) is 9.58. The molecule has 1 rings (SSSR count). The van der Waals surface area contributed by atoms with Crippen LogP contribution in [0.1, 0.15) is 19.4 Å². The first-order chi connectivity index (χ1) is 7.63. The second-order valence-electron chi connectivity index (χ2n) is 3.61. The van der Waals surface area contributed by atoms with Crippen molar-refractivity contribution in [2.24, 2.45) is 0 Å². The first-order valence-corrected chi connectivity index (χ1v) is 5.18. The van der Waals surface area contributed by atoms with Crippen LogP contribution in [0.25, 0.3) is 0 Å². The van der Waals surface area contributed by atoms with E-state index in [2.05, 4.69) is 16.6 Å². The van der Waals surface area contributed by atoms with Crippen LogP contribution in [0, 0.1) is 12.3 Å². The Morgan fingerprint density at radius 3 is 2.81 bits per heavy atom. The van der Waals surface area contributed by atoms with Crippen LogP contribution < -0.4 is 10.6 Å². The van der Waals surface area contributed by atoms with E-state index in [4.69, 9.17) is 6.42 Å². The van der Waals surface area contributed by atoms with Crippen LogP contribution in [0.2, 0.25) is 0 Å². The van der Waals surface area contributed by atoms with Gasteiger partial charge in [0, 0.05) is 19.2 Å². The van der Waals surface area contributed by atoms with Gasteiger partial charge in [-0.1, -0.05) is 24.1 Å². The fourth-order valence-corrected chi connectivity index (χ4v) is 1.31. The second kappa shape index (κ2) is 5.94. The van der Waals surface area contributed by atoms with Gasteiger partial charge in [-0.25, -0.2) is 0 Å². The standard InChI is InChI=1S/C13H16N2O/c1-4-10(2)14-9-12-7-5-6-8-13(12)15-11(3)16/h1,5-8,10,14H,9H2,2-3H3,(H,15,16). The van der Waals surface area contributed by atoms with Crippen molar-refractivity contribution in [1.29, 1.82) is 0 Å². The van der Waals surface area contributed by atoms with E-state index >= 15 is 0 Å². The molecule has 84 valence electrons. The number of terminal acetylenes is 1. The molecule has 2 N–H and O–H groups in total. The van der Waals surface area contributed by atoms with E-state index in [0.717, 1.165) is 11.3 Å². The Morgan fingerprint density at radius 2 is 2.19 bits per heavy atom. The lowest BCUT2D eigenvalue weighted by atomic mass is 10.1. The number of benzene rings is 1.